The molecular formula is C15H16N4O3. The molecule has 2 amide bonds. The maximum Gasteiger partial charge on any atom is 0.323 e. The highest BCUT2D eigenvalue weighted by Crippen LogP contribution is 2.07. The number of carbonyl (C=O) groups is 2. The van der Waals surface area contributed by atoms with Gasteiger partial charge in [0.05, 0.1) is 24.5 Å². The van der Waals surface area contributed by atoms with Crippen molar-refractivity contribution in [3.63, 3.8) is 0 Å². The fourth-order valence-corrected chi connectivity index (χ4v) is 1.84. The van der Waals surface area contributed by atoms with Crippen LogP contribution in [0.2, 0.25) is 0 Å². The third-order valence-corrected chi connectivity index (χ3v) is 2.84. The Morgan fingerprint density at radius 1 is 1.00 bits per heavy atom. The van der Waals surface area contributed by atoms with Gasteiger partial charge >= 0.3 is 12.0 Å². The summed E-state index contributed by atoms with van der Waals surface area (Å²) >= 11 is 0. The molecule has 2 aromatic heterocycles. The molecule has 22 heavy (non-hydrogen) atoms. The number of amides is 2. The van der Waals surface area contributed by atoms with Gasteiger partial charge in [-0.1, -0.05) is 12.1 Å². The van der Waals surface area contributed by atoms with Crippen molar-refractivity contribution < 1.29 is 14.7 Å². The molecule has 7 heteroatoms. The number of carboxylic acid groups (broad SMARTS) is 1. The van der Waals surface area contributed by atoms with Gasteiger partial charge in [0.15, 0.2) is 0 Å². The first-order valence-electron chi connectivity index (χ1n) is 6.69. The van der Waals surface area contributed by atoms with Gasteiger partial charge in [-0.25, -0.2) is 4.79 Å². The van der Waals surface area contributed by atoms with Crippen LogP contribution in [0, 0.1) is 0 Å². The third-order valence-electron chi connectivity index (χ3n) is 2.84. The van der Waals surface area contributed by atoms with Crippen LogP contribution < -0.4 is 5.32 Å². The predicted octanol–water partition coefficient (Wildman–Crippen LogP) is 1.27. The molecule has 0 aliphatic carbocycles. The molecular weight excluding hydrogens is 284 g/mol. The van der Waals surface area contributed by atoms with Crippen molar-refractivity contribution in [2.75, 3.05) is 6.54 Å². The minimum absolute atomic E-state index is 0.267. The van der Waals surface area contributed by atoms with Crippen LogP contribution in [0.5, 0.6) is 0 Å². The summed E-state index contributed by atoms with van der Waals surface area (Å²) in [5, 5.41) is 11.0. The summed E-state index contributed by atoms with van der Waals surface area (Å²) < 4.78 is 0. The second-order valence-corrected chi connectivity index (χ2v) is 4.55. The number of nitrogens with one attached hydrogen (secondary N) is 1. The molecule has 114 valence electrons. The van der Waals surface area contributed by atoms with Crippen LogP contribution in [0.15, 0.2) is 48.8 Å². The van der Waals surface area contributed by atoms with Crippen molar-refractivity contribution in [1.82, 2.24) is 20.2 Å². The van der Waals surface area contributed by atoms with Gasteiger partial charge in [0, 0.05) is 12.4 Å². The highest BCUT2D eigenvalue weighted by Gasteiger charge is 2.16. The van der Waals surface area contributed by atoms with E-state index in [4.69, 9.17) is 5.11 Å². The van der Waals surface area contributed by atoms with Gasteiger partial charge in [-0.3, -0.25) is 14.8 Å². The van der Waals surface area contributed by atoms with E-state index >= 15 is 0 Å². The Morgan fingerprint density at radius 2 is 1.55 bits per heavy atom. The van der Waals surface area contributed by atoms with Crippen molar-refractivity contribution in [3.05, 3.63) is 60.2 Å². The van der Waals surface area contributed by atoms with Crippen LogP contribution in [0.25, 0.3) is 0 Å². The smallest absolute Gasteiger partial charge is 0.323 e. The molecule has 0 aromatic carbocycles. The maximum atomic E-state index is 12.2. The summed E-state index contributed by atoms with van der Waals surface area (Å²) in [5.41, 5.74) is 1.42. The number of nitrogens with zero attached hydrogens (tertiary/aromatic N) is 3. The first kappa shape index (κ1) is 15.4. The summed E-state index contributed by atoms with van der Waals surface area (Å²) in [5.74, 6) is -1.09. The van der Waals surface area contributed by atoms with E-state index in [0.717, 1.165) is 0 Å². The zero-order chi connectivity index (χ0) is 15.8. The third kappa shape index (κ3) is 4.86. The Kier molecular flexibility index (Phi) is 5.42. The van der Waals surface area contributed by atoms with E-state index in [1.807, 2.05) is 12.1 Å². The van der Waals surface area contributed by atoms with Crippen molar-refractivity contribution in [2.24, 2.45) is 0 Å². The molecule has 0 aliphatic heterocycles. The van der Waals surface area contributed by atoms with E-state index in [0.29, 0.717) is 11.4 Å². The fraction of sp³-hybridized carbons (Fsp3) is 0.200. The van der Waals surface area contributed by atoms with Gasteiger partial charge in [0.1, 0.15) is 6.54 Å². The molecule has 0 aliphatic rings. The Labute approximate surface area is 127 Å². The van der Waals surface area contributed by atoms with Crippen LogP contribution in [-0.4, -0.2) is 38.5 Å². The molecule has 0 radical (unpaired) electrons. The van der Waals surface area contributed by atoms with Crippen molar-refractivity contribution in [3.8, 4) is 0 Å². The molecule has 0 atom stereocenters. The van der Waals surface area contributed by atoms with Crippen LogP contribution in [0.4, 0.5) is 4.79 Å². The number of rotatable bonds is 6. The minimum Gasteiger partial charge on any atom is -0.480 e. The first-order chi connectivity index (χ1) is 10.6. The Bertz CT molecular complexity index is 578. The summed E-state index contributed by atoms with van der Waals surface area (Å²) in [6, 6.07) is 10.4. The standard InChI is InChI=1S/C15H16N4O3/c20-14(21)9-18-15(22)19(10-12-5-1-3-7-16-12)11-13-6-2-4-8-17-13/h1-8H,9-11H2,(H,18,22)(H,20,21). The van der Waals surface area contributed by atoms with Crippen LogP contribution in [0.3, 0.4) is 0 Å². The summed E-state index contributed by atoms with van der Waals surface area (Å²) in [6.45, 7) is 0.103. The monoisotopic (exact) mass is 300 g/mol. The zero-order valence-electron chi connectivity index (χ0n) is 11.8. The molecule has 0 saturated heterocycles. The minimum atomic E-state index is -1.09. The molecule has 0 saturated carbocycles. The van der Waals surface area contributed by atoms with Crippen molar-refractivity contribution >= 4 is 12.0 Å². The number of pyridine rings is 2. The SMILES string of the molecule is O=C(O)CNC(=O)N(Cc1ccccn1)Cc1ccccn1. The lowest BCUT2D eigenvalue weighted by atomic mass is 10.3. The Hall–Kier alpha value is -2.96. The van der Waals surface area contributed by atoms with Gasteiger partial charge in [0.25, 0.3) is 0 Å². The molecule has 0 bridgehead atoms. The van der Waals surface area contributed by atoms with Crippen LogP contribution in [0.1, 0.15) is 11.4 Å². The topological polar surface area (TPSA) is 95.4 Å². The number of aromatic nitrogens is 2. The number of hydrogen-bond donors (Lipinski definition) is 2. The lowest BCUT2D eigenvalue weighted by Gasteiger charge is -2.22. The summed E-state index contributed by atoms with van der Waals surface area (Å²) in [4.78, 5) is 32.6. The number of urea groups is 1. The number of carbonyl (C=O) groups excluding carboxylic acids is 1. The lowest BCUT2D eigenvalue weighted by molar-refractivity contribution is -0.135. The average molecular weight is 300 g/mol. The molecule has 0 spiro atoms. The van der Waals surface area contributed by atoms with Gasteiger partial charge in [-0.05, 0) is 24.3 Å². The van der Waals surface area contributed by atoms with E-state index < -0.39 is 18.5 Å². The fourth-order valence-electron chi connectivity index (χ4n) is 1.84. The average Bonchev–Trinajstić information content (AvgIpc) is 2.54. The second-order valence-electron chi connectivity index (χ2n) is 4.55. The predicted molar refractivity (Wildman–Crippen MR) is 78.8 cm³/mol. The quantitative estimate of drug-likeness (QED) is 0.837. The van der Waals surface area contributed by atoms with Gasteiger partial charge in [0.2, 0.25) is 0 Å². The number of carboxylic acids is 1. The first-order valence-corrected chi connectivity index (χ1v) is 6.69. The van der Waals surface area contributed by atoms with Gasteiger partial charge in [-0.15, -0.1) is 0 Å². The molecule has 2 heterocycles. The largest absolute Gasteiger partial charge is 0.480 e. The van der Waals surface area contributed by atoms with Crippen LogP contribution >= 0.6 is 0 Å². The zero-order valence-corrected chi connectivity index (χ0v) is 11.8. The Balaban J connectivity index is 2.09. The van der Waals surface area contributed by atoms with Gasteiger partial charge in [-0.2, -0.15) is 0 Å². The molecule has 2 rings (SSSR count). The number of aliphatic carboxylic acids is 1. The van der Waals surface area contributed by atoms with Crippen molar-refractivity contribution in [1.29, 1.82) is 0 Å². The van der Waals surface area contributed by atoms with E-state index in [1.54, 1.807) is 36.7 Å². The Morgan fingerprint density at radius 3 is 1.95 bits per heavy atom. The van der Waals surface area contributed by atoms with E-state index in [1.165, 1.54) is 4.90 Å². The molecule has 2 aromatic rings. The lowest BCUT2D eigenvalue weighted by Crippen LogP contribution is -2.41. The molecule has 0 unspecified atom stereocenters. The van der Waals surface area contributed by atoms with Crippen molar-refractivity contribution in [2.45, 2.75) is 13.1 Å². The molecule has 0 fully saturated rings. The molecule has 2 N–H and O–H groups in total. The highest BCUT2D eigenvalue weighted by molar-refractivity contribution is 5.79. The summed E-state index contributed by atoms with van der Waals surface area (Å²) in [6.07, 6.45) is 3.28. The highest BCUT2D eigenvalue weighted by atomic mass is 16.4. The molecule has 7 nitrogen and oxygen atoms in total. The van der Waals surface area contributed by atoms with Crippen LogP contribution in [-0.2, 0) is 17.9 Å². The van der Waals surface area contributed by atoms with E-state index in [-0.39, 0.29) is 13.1 Å². The summed E-state index contributed by atoms with van der Waals surface area (Å²) in [7, 11) is 0. The number of hydrogen-bond acceptors (Lipinski definition) is 4. The van der Waals surface area contributed by atoms with E-state index in [2.05, 4.69) is 15.3 Å². The second kappa shape index (κ2) is 7.72. The maximum absolute atomic E-state index is 12.2. The van der Waals surface area contributed by atoms with Gasteiger partial charge < -0.3 is 15.3 Å². The normalized spacial score (nSPS) is 10.0. The van der Waals surface area contributed by atoms with E-state index in [9.17, 15) is 9.59 Å².